The van der Waals surface area contributed by atoms with Crippen LogP contribution in [0.2, 0.25) is 0 Å². The van der Waals surface area contributed by atoms with Crippen molar-refractivity contribution in [2.45, 2.75) is 0 Å². The van der Waals surface area contributed by atoms with Gasteiger partial charge in [-0.1, -0.05) is 36.4 Å². The molecule has 0 unspecified atom stereocenters. The number of ether oxygens (including phenoxy) is 3. The Balaban J connectivity index is 2.36. The van der Waals surface area contributed by atoms with E-state index in [9.17, 15) is 9.59 Å². The van der Waals surface area contributed by atoms with Crippen LogP contribution < -0.4 is 9.47 Å². The molecule has 1 aliphatic rings. The van der Waals surface area contributed by atoms with Gasteiger partial charge < -0.3 is 14.2 Å². The number of carbonyl (C=O) groups is 2. The monoisotopic (exact) mass is 324 g/mol. The molecular weight excluding hydrogens is 308 g/mol. The maximum atomic E-state index is 12.7. The van der Waals surface area contributed by atoms with Crippen LogP contribution in [0.1, 0.15) is 21.5 Å². The average Bonchev–Trinajstić information content (AvgIpc) is 2.63. The summed E-state index contributed by atoms with van der Waals surface area (Å²) in [4.78, 5) is 25.2. The molecule has 0 radical (unpaired) electrons. The molecule has 0 saturated carbocycles. The van der Waals surface area contributed by atoms with Gasteiger partial charge in [0.15, 0.2) is 11.5 Å². The van der Waals surface area contributed by atoms with Crippen molar-refractivity contribution in [1.29, 1.82) is 0 Å². The normalized spacial score (nSPS) is 13.6. The molecule has 0 heterocycles. The summed E-state index contributed by atoms with van der Waals surface area (Å²) in [6.45, 7) is 0. The fourth-order valence-electron chi connectivity index (χ4n) is 2.89. The molecule has 5 nitrogen and oxygen atoms in total. The van der Waals surface area contributed by atoms with Crippen molar-refractivity contribution < 1.29 is 23.8 Å². The number of methoxy groups -OCH3 is 3. The van der Waals surface area contributed by atoms with Crippen LogP contribution in [0.4, 0.5) is 0 Å². The van der Waals surface area contributed by atoms with Crippen molar-refractivity contribution in [3.05, 3.63) is 59.2 Å². The Bertz CT molecular complexity index is 864. The first-order valence-electron chi connectivity index (χ1n) is 7.32. The summed E-state index contributed by atoms with van der Waals surface area (Å²) in [5.74, 6) is 0.00673. The Morgan fingerprint density at radius 3 is 1.96 bits per heavy atom. The molecule has 24 heavy (non-hydrogen) atoms. The zero-order valence-electron chi connectivity index (χ0n) is 13.6. The number of carbonyl (C=O) groups excluding carboxylic acids is 2. The minimum absolute atomic E-state index is 0.178. The lowest BCUT2D eigenvalue weighted by atomic mass is 9.85. The van der Waals surface area contributed by atoms with Gasteiger partial charge in [-0.2, -0.15) is 0 Å². The second kappa shape index (κ2) is 6.20. The van der Waals surface area contributed by atoms with Gasteiger partial charge in [-0.3, -0.25) is 9.59 Å². The number of Topliss-reactive ketones (excluding diaryl/α,β-unsaturated/α-hetero) is 2. The lowest BCUT2D eigenvalue weighted by Crippen LogP contribution is -2.24. The van der Waals surface area contributed by atoms with E-state index in [1.54, 1.807) is 42.5 Å². The topological polar surface area (TPSA) is 61.8 Å². The minimum atomic E-state index is -0.628. The molecule has 0 saturated heterocycles. The SMILES string of the molecule is COC1=C(c2cccc(OC)c2OC)C(=O)C(=O)c2ccccc21. The molecule has 0 bridgehead atoms. The molecule has 3 rings (SSSR count). The van der Waals surface area contributed by atoms with E-state index >= 15 is 0 Å². The van der Waals surface area contributed by atoms with E-state index in [1.807, 2.05) is 0 Å². The summed E-state index contributed by atoms with van der Waals surface area (Å²) in [7, 11) is 4.47. The van der Waals surface area contributed by atoms with Crippen molar-refractivity contribution in [2.75, 3.05) is 21.3 Å². The Hall–Kier alpha value is -3.08. The van der Waals surface area contributed by atoms with Crippen LogP contribution in [-0.2, 0) is 9.53 Å². The lowest BCUT2D eigenvalue weighted by molar-refractivity contribution is -0.110. The van der Waals surface area contributed by atoms with Crippen molar-refractivity contribution in [3.8, 4) is 11.5 Å². The van der Waals surface area contributed by atoms with E-state index in [-0.39, 0.29) is 5.57 Å². The summed E-state index contributed by atoms with van der Waals surface area (Å²) in [5.41, 5.74) is 1.56. The van der Waals surface area contributed by atoms with Crippen LogP contribution in [-0.4, -0.2) is 32.9 Å². The number of rotatable bonds is 4. The molecule has 0 aliphatic heterocycles. The smallest absolute Gasteiger partial charge is 0.238 e. The Labute approximate surface area is 139 Å². The second-order valence-electron chi connectivity index (χ2n) is 5.15. The molecule has 1 aliphatic carbocycles. The molecule has 0 fully saturated rings. The summed E-state index contributed by atoms with van der Waals surface area (Å²) in [6.07, 6.45) is 0. The minimum Gasteiger partial charge on any atom is -0.495 e. The average molecular weight is 324 g/mol. The van der Waals surface area contributed by atoms with Crippen molar-refractivity contribution >= 4 is 22.9 Å². The van der Waals surface area contributed by atoms with Crippen molar-refractivity contribution in [2.24, 2.45) is 0 Å². The third kappa shape index (κ3) is 2.25. The predicted octanol–water partition coefficient (Wildman–Crippen LogP) is 2.98. The first-order chi connectivity index (χ1) is 11.6. The summed E-state index contributed by atoms with van der Waals surface area (Å²) in [5, 5.41) is 0. The van der Waals surface area contributed by atoms with Crippen molar-refractivity contribution in [3.63, 3.8) is 0 Å². The second-order valence-corrected chi connectivity index (χ2v) is 5.15. The van der Waals surface area contributed by atoms with Crippen LogP contribution >= 0.6 is 0 Å². The van der Waals surface area contributed by atoms with E-state index < -0.39 is 11.6 Å². The van der Waals surface area contributed by atoms with Gasteiger partial charge in [0, 0.05) is 16.7 Å². The van der Waals surface area contributed by atoms with Gasteiger partial charge in [-0.15, -0.1) is 0 Å². The van der Waals surface area contributed by atoms with Gasteiger partial charge in [0.1, 0.15) is 5.76 Å². The van der Waals surface area contributed by atoms with Gasteiger partial charge in [0.2, 0.25) is 11.6 Å². The number of hydrogen-bond acceptors (Lipinski definition) is 5. The Kier molecular flexibility index (Phi) is 4.08. The van der Waals surface area contributed by atoms with Gasteiger partial charge in [0.25, 0.3) is 0 Å². The number of fused-ring (bicyclic) bond motifs is 1. The maximum absolute atomic E-state index is 12.7. The maximum Gasteiger partial charge on any atom is 0.238 e. The van der Waals surface area contributed by atoms with Crippen LogP contribution in [0, 0.1) is 0 Å². The van der Waals surface area contributed by atoms with E-state index in [0.717, 1.165) is 0 Å². The van der Waals surface area contributed by atoms with E-state index in [2.05, 4.69) is 0 Å². The number of benzene rings is 2. The third-order valence-corrected chi connectivity index (χ3v) is 3.95. The van der Waals surface area contributed by atoms with Crippen LogP contribution in [0.3, 0.4) is 0 Å². The Morgan fingerprint density at radius 1 is 0.667 bits per heavy atom. The first kappa shape index (κ1) is 15.8. The highest BCUT2D eigenvalue weighted by atomic mass is 16.5. The first-order valence-corrected chi connectivity index (χ1v) is 7.32. The largest absolute Gasteiger partial charge is 0.495 e. The lowest BCUT2D eigenvalue weighted by Gasteiger charge is -2.22. The molecule has 0 amide bonds. The molecule has 0 spiro atoms. The predicted molar refractivity (Wildman–Crippen MR) is 89.1 cm³/mol. The number of allylic oxidation sites excluding steroid dienone is 1. The fraction of sp³-hybridized carbons (Fsp3) is 0.158. The van der Waals surface area contributed by atoms with Crippen LogP contribution in [0.5, 0.6) is 11.5 Å². The number of para-hydroxylation sites is 1. The number of hydrogen-bond donors (Lipinski definition) is 0. The summed E-state index contributed by atoms with van der Waals surface area (Å²) in [6, 6.07) is 12.0. The van der Waals surface area contributed by atoms with E-state index in [1.165, 1.54) is 21.3 Å². The quantitative estimate of drug-likeness (QED) is 0.809. The zero-order chi connectivity index (χ0) is 17.3. The highest BCUT2D eigenvalue weighted by Crippen LogP contribution is 2.41. The van der Waals surface area contributed by atoms with Gasteiger partial charge in [-0.25, -0.2) is 0 Å². The molecular formula is C19H16O5. The van der Waals surface area contributed by atoms with Crippen LogP contribution in [0.15, 0.2) is 42.5 Å². The molecule has 2 aromatic carbocycles. The third-order valence-electron chi connectivity index (χ3n) is 3.95. The van der Waals surface area contributed by atoms with Gasteiger partial charge in [0.05, 0.1) is 26.9 Å². The van der Waals surface area contributed by atoms with E-state index in [4.69, 9.17) is 14.2 Å². The van der Waals surface area contributed by atoms with Gasteiger partial charge >= 0.3 is 0 Å². The molecule has 0 N–H and O–H groups in total. The standard InChI is InChI=1S/C19H16O5/c1-22-14-10-6-9-13(18(14)23-2)15-17(21)16(20)11-7-4-5-8-12(11)19(15)24-3/h4-10H,1-3H3. The van der Waals surface area contributed by atoms with Gasteiger partial charge in [-0.05, 0) is 6.07 Å². The summed E-state index contributed by atoms with van der Waals surface area (Å²) < 4.78 is 16.2. The molecule has 122 valence electrons. The number of ketones is 2. The summed E-state index contributed by atoms with van der Waals surface area (Å²) >= 11 is 0. The fourth-order valence-corrected chi connectivity index (χ4v) is 2.89. The molecule has 0 aromatic heterocycles. The van der Waals surface area contributed by atoms with Crippen LogP contribution in [0.25, 0.3) is 11.3 Å². The molecule has 0 atom stereocenters. The van der Waals surface area contributed by atoms with E-state index in [0.29, 0.717) is 33.9 Å². The highest BCUT2D eigenvalue weighted by molar-refractivity contribution is 6.62. The molecule has 2 aromatic rings. The molecule has 5 heteroatoms. The zero-order valence-corrected chi connectivity index (χ0v) is 13.6. The highest BCUT2D eigenvalue weighted by Gasteiger charge is 2.36. The Morgan fingerprint density at radius 2 is 1.33 bits per heavy atom. The van der Waals surface area contributed by atoms with Crippen molar-refractivity contribution in [1.82, 2.24) is 0 Å².